The third kappa shape index (κ3) is 2.60. The Labute approximate surface area is 92.5 Å². The SMILES string of the molecule is O=C1NC(=O)NC(/C=C/c2ccccc2)N1. The van der Waals surface area contributed by atoms with E-state index < -0.39 is 18.2 Å². The van der Waals surface area contributed by atoms with Crippen LogP contribution in [0.1, 0.15) is 5.56 Å². The van der Waals surface area contributed by atoms with Crippen LogP contribution in [0.4, 0.5) is 9.59 Å². The van der Waals surface area contributed by atoms with E-state index in [1.165, 1.54) is 0 Å². The fourth-order valence-corrected chi connectivity index (χ4v) is 1.36. The Balaban J connectivity index is 2.02. The van der Waals surface area contributed by atoms with Crippen LogP contribution in [0, 0.1) is 0 Å². The Morgan fingerprint density at radius 1 is 1.00 bits per heavy atom. The number of carbonyl (C=O) groups excluding carboxylic acids is 2. The standard InChI is InChI=1S/C11H11N3O2/c15-10-12-9(13-11(16)14-10)7-6-8-4-2-1-3-5-8/h1-7,9H,(H3,12,13,14,15,16)/b7-6+. The summed E-state index contributed by atoms with van der Waals surface area (Å²) in [5.41, 5.74) is 1.00. The molecule has 82 valence electrons. The quantitative estimate of drug-likeness (QED) is 0.693. The third-order valence-electron chi connectivity index (χ3n) is 2.08. The van der Waals surface area contributed by atoms with Crippen LogP contribution < -0.4 is 16.0 Å². The molecule has 1 saturated heterocycles. The molecular formula is C11H11N3O2. The minimum Gasteiger partial charge on any atom is -0.314 e. The summed E-state index contributed by atoms with van der Waals surface area (Å²) in [6.45, 7) is 0. The number of amides is 4. The van der Waals surface area contributed by atoms with Gasteiger partial charge in [0, 0.05) is 0 Å². The molecule has 0 radical (unpaired) electrons. The van der Waals surface area contributed by atoms with Crippen molar-refractivity contribution in [1.29, 1.82) is 0 Å². The molecule has 4 amide bonds. The molecule has 1 fully saturated rings. The smallest absolute Gasteiger partial charge is 0.314 e. The average molecular weight is 217 g/mol. The minimum atomic E-state index is -0.494. The van der Waals surface area contributed by atoms with Gasteiger partial charge in [0.15, 0.2) is 0 Å². The van der Waals surface area contributed by atoms with E-state index >= 15 is 0 Å². The lowest BCUT2D eigenvalue weighted by atomic mass is 10.2. The zero-order valence-corrected chi connectivity index (χ0v) is 8.44. The molecule has 5 heteroatoms. The average Bonchev–Trinajstić information content (AvgIpc) is 2.27. The van der Waals surface area contributed by atoms with E-state index in [1.807, 2.05) is 36.4 Å². The Morgan fingerprint density at radius 2 is 1.62 bits per heavy atom. The zero-order valence-electron chi connectivity index (χ0n) is 8.44. The van der Waals surface area contributed by atoms with Crippen LogP contribution in [-0.4, -0.2) is 18.2 Å². The molecule has 1 aliphatic rings. The first-order chi connectivity index (χ1) is 7.74. The van der Waals surface area contributed by atoms with Gasteiger partial charge in [0.05, 0.1) is 0 Å². The summed E-state index contributed by atoms with van der Waals surface area (Å²) in [7, 11) is 0. The monoisotopic (exact) mass is 217 g/mol. The summed E-state index contributed by atoms with van der Waals surface area (Å²) >= 11 is 0. The van der Waals surface area contributed by atoms with Crippen molar-refractivity contribution in [3.05, 3.63) is 42.0 Å². The molecular weight excluding hydrogens is 206 g/mol. The van der Waals surface area contributed by atoms with Crippen molar-refractivity contribution in [1.82, 2.24) is 16.0 Å². The molecule has 1 heterocycles. The van der Waals surface area contributed by atoms with Gasteiger partial charge in [0.1, 0.15) is 6.17 Å². The predicted octanol–water partition coefficient (Wildman–Crippen LogP) is 1.05. The van der Waals surface area contributed by atoms with Gasteiger partial charge in [-0.3, -0.25) is 5.32 Å². The normalized spacial score (nSPS) is 16.8. The first-order valence-corrected chi connectivity index (χ1v) is 4.85. The van der Waals surface area contributed by atoms with Gasteiger partial charge in [-0.2, -0.15) is 0 Å². The second kappa shape index (κ2) is 4.48. The highest BCUT2D eigenvalue weighted by atomic mass is 16.2. The molecule has 5 nitrogen and oxygen atoms in total. The Hall–Kier alpha value is -2.30. The van der Waals surface area contributed by atoms with E-state index in [-0.39, 0.29) is 0 Å². The molecule has 1 aromatic rings. The maximum absolute atomic E-state index is 11.0. The van der Waals surface area contributed by atoms with Gasteiger partial charge in [0.25, 0.3) is 0 Å². The second-order valence-corrected chi connectivity index (χ2v) is 3.32. The Bertz CT molecular complexity index is 412. The number of rotatable bonds is 2. The van der Waals surface area contributed by atoms with Crippen molar-refractivity contribution in [3.63, 3.8) is 0 Å². The molecule has 2 rings (SSSR count). The number of carbonyl (C=O) groups is 2. The number of benzene rings is 1. The van der Waals surface area contributed by atoms with Crippen molar-refractivity contribution < 1.29 is 9.59 Å². The Kier molecular flexibility index (Phi) is 2.86. The van der Waals surface area contributed by atoms with Crippen molar-refractivity contribution in [2.45, 2.75) is 6.17 Å². The number of hydrogen-bond donors (Lipinski definition) is 3. The summed E-state index contributed by atoms with van der Waals surface area (Å²) in [5, 5.41) is 7.17. The molecule has 0 spiro atoms. The van der Waals surface area contributed by atoms with E-state index in [0.29, 0.717) is 0 Å². The molecule has 0 bridgehead atoms. The van der Waals surface area contributed by atoms with E-state index in [4.69, 9.17) is 0 Å². The largest absolute Gasteiger partial charge is 0.324 e. The second-order valence-electron chi connectivity index (χ2n) is 3.32. The Morgan fingerprint density at radius 3 is 2.25 bits per heavy atom. The third-order valence-corrected chi connectivity index (χ3v) is 2.08. The van der Waals surface area contributed by atoms with E-state index in [9.17, 15) is 9.59 Å². The molecule has 0 aliphatic carbocycles. The number of urea groups is 2. The molecule has 3 N–H and O–H groups in total. The van der Waals surface area contributed by atoms with E-state index in [0.717, 1.165) is 5.56 Å². The van der Waals surface area contributed by atoms with Crippen molar-refractivity contribution in [2.75, 3.05) is 0 Å². The van der Waals surface area contributed by atoms with Gasteiger partial charge >= 0.3 is 12.1 Å². The molecule has 16 heavy (non-hydrogen) atoms. The summed E-state index contributed by atoms with van der Waals surface area (Å²) in [5.74, 6) is 0. The molecule has 1 aliphatic heterocycles. The van der Waals surface area contributed by atoms with Crippen LogP contribution in [0.2, 0.25) is 0 Å². The summed E-state index contributed by atoms with van der Waals surface area (Å²) in [6, 6.07) is 8.63. The summed E-state index contributed by atoms with van der Waals surface area (Å²) in [6.07, 6.45) is 3.07. The molecule has 0 unspecified atom stereocenters. The molecule has 0 saturated carbocycles. The summed E-state index contributed by atoms with van der Waals surface area (Å²) < 4.78 is 0. The van der Waals surface area contributed by atoms with Crippen LogP contribution in [0.5, 0.6) is 0 Å². The lowest BCUT2D eigenvalue weighted by Gasteiger charge is -2.22. The van der Waals surface area contributed by atoms with Crippen molar-refractivity contribution >= 4 is 18.1 Å². The van der Waals surface area contributed by atoms with Crippen LogP contribution in [-0.2, 0) is 0 Å². The maximum Gasteiger partial charge on any atom is 0.324 e. The van der Waals surface area contributed by atoms with Gasteiger partial charge in [-0.1, -0.05) is 36.4 Å². The fourth-order valence-electron chi connectivity index (χ4n) is 1.36. The van der Waals surface area contributed by atoms with Crippen LogP contribution >= 0.6 is 0 Å². The zero-order chi connectivity index (χ0) is 11.4. The van der Waals surface area contributed by atoms with Gasteiger partial charge in [-0.25, -0.2) is 9.59 Å². The van der Waals surface area contributed by atoms with Crippen molar-refractivity contribution in [3.8, 4) is 0 Å². The first-order valence-electron chi connectivity index (χ1n) is 4.85. The van der Waals surface area contributed by atoms with Gasteiger partial charge < -0.3 is 10.6 Å². The number of nitrogens with one attached hydrogen (secondary N) is 3. The molecule has 1 aromatic carbocycles. The fraction of sp³-hybridized carbons (Fsp3) is 0.0909. The minimum absolute atomic E-state index is 0.471. The first kappa shape index (κ1) is 10.2. The highest BCUT2D eigenvalue weighted by Crippen LogP contribution is 2.02. The van der Waals surface area contributed by atoms with Gasteiger partial charge in [-0.15, -0.1) is 0 Å². The van der Waals surface area contributed by atoms with Crippen LogP contribution in [0.25, 0.3) is 6.08 Å². The van der Waals surface area contributed by atoms with Gasteiger partial charge in [-0.05, 0) is 11.6 Å². The number of hydrogen-bond acceptors (Lipinski definition) is 2. The molecule has 0 atom stereocenters. The lowest BCUT2D eigenvalue weighted by molar-refractivity contribution is 0.214. The van der Waals surface area contributed by atoms with Gasteiger partial charge in [0.2, 0.25) is 0 Å². The van der Waals surface area contributed by atoms with Crippen molar-refractivity contribution in [2.24, 2.45) is 0 Å². The highest BCUT2D eigenvalue weighted by Gasteiger charge is 2.19. The summed E-state index contributed by atoms with van der Waals surface area (Å²) in [4.78, 5) is 22.0. The predicted molar refractivity (Wildman–Crippen MR) is 59.5 cm³/mol. The molecule has 0 aromatic heterocycles. The maximum atomic E-state index is 11.0. The highest BCUT2D eigenvalue weighted by molar-refractivity contribution is 5.96. The van der Waals surface area contributed by atoms with Crippen LogP contribution in [0.3, 0.4) is 0 Å². The lowest BCUT2D eigenvalue weighted by Crippen LogP contribution is -2.60. The topological polar surface area (TPSA) is 70.2 Å². The van der Waals surface area contributed by atoms with E-state index in [2.05, 4.69) is 16.0 Å². The van der Waals surface area contributed by atoms with E-state index in [1.54, 1.807) is 6.08 Å². The van der Waals surface area contributed by atoms with Crippen LogP contribution in [0.15, 0.2) is 36.4 Å². The number of imide groups is 1.